The van der Waals surface area contributed by atoms with Crippen LogP contribution < -0.4 is 5.73 Å². The molecule has 1 aromatic rings. The van der Waals surface area contributed by atoms with Crippen LogP contribution in [0.15, 0.2) is 24.3 Å². The Morgan fingerprint density at radius 3 is 2.19 bits per heavy atom. The van der Waals surface area contributed by atoms with E-state index in [-0.39, 0.29) is 30.7 Å². The summed E-state index contributed by atoms with van der Waals surface area (Å²) in [5.74, 6) is 0.0474. The molecule has 0 radical (unpaired) electrons. The molecule has 0 aliphatic carbocycles. The third-order valence-corrected chi connectivity index (χ3v) is 3.64. The predicted molar refractivity (Wildman–Crippen MR) is 91.5 cm³/mol. The van der Waals surface area contributed by atoms with Crippen molar-refractivity contribution in [2.24, 2.45) is 5.73 Å². The lowest BCUT2D eigenvalue weighted by Gasteiger charge is -2.35. The molecule has 0 aromatic heterocycles. The normalized spacial score (nSPS) is 16.6. The molecule has 0 unspecified atom stereocenters. The highest BCUT2D eigenvalue weighted by molar-refractivity contribution is 6.30. The SMILES string of the molecule is C[C@@H](N)C(=O)N1CCN(Cc2ccc(Cl)cc2)CC1.Cl.Cl. The summed E-state index contributed by atoms with van der Waals surface area (Å²) in [5, 5.41) is 0.760. The number of nitrogens with zero attached hydrogens (tertiary/aromatic N) is 2. The summed E-state index contributed by atoms with van der Waals surface area (Å²) in [6.07, 6.45) is 0. The van der Waals surface area contributed by atoms with E-state index in [1.54, 1.807) is 6.92 Å². The fourth-order valence-electron chi connectivity index (χ4n) is 2.26. The van der Waals surface area contributed by atoms with Crippen LogP contribution in [0.3, 0.4) is 0 Å². The third-order valence-electron chi connectivity index (χ3n) is 3.39. The molecule has 1 fully saturated rings. The summed E-state index contributed by atoms with van der Waals surface area (Å²) in [4.78, 5) is 16.0. The molecular weight excluding hydrogens is 333 g/mol. The zero-order valence-corrected chi connectivity index (χ0v) is 14.4. The molecule has 1 heterocycles. The summed E-state index contributed by atoms with van der Waals surface area (Å²) in [5.41, 5.74) is 6.87. The van der Waals surface area contributed by atoms with E-state index in [4.69, 9.17) is 17.3 Å². The minimum atomic E-state index is -0.400. The highest BCUT2D eigenvalue weighted by Gasteiger charge is 2.22. The van der Waals surface area contributed by atoms with Crippen LogP contribution in [0.4, 0.5) is 0 Å². The number of carbonyl (C=O) groups is 1. The Labute approximate surface area is 143 Å². The van der Waals surface area contributed by atoms with Gasteiger partial charge in [0, 0.05) is 37.7 Å². The second kappa shape index (κ2) is 9.49. The molecule has 2 N–H and O–H groups in total. The van der Waals surface area contributed by atoms with Crippen molar-refractivity contribution in [3.05, 3.63) is 34.9 Å². The summed E-state index contributed by atoms with van der Waals surface area (Å²) < 4.78 is 0. The Balaban J connectivity index is 0.00000200. The van der Waals surface area contributed by atoms with Crippen molar-refractivity contribution >= 4 is 42.3 Å². The molecule has 1 aliphatic rings. The first kappa shape index (κ1) is 20.5. The lowest BCUT2D eigenvalue weighted by Crippen LogP contribution is -2.52. The molecule has 1 saturated heterocycles. The van der Waals surface area contributed by atoms with E-state index >= 15 is 0 Å². The molecule has 4 nitrogen and oxygen atoms in total. The van der Waals surface area contributed by atoms with E-state index in [1.165, 1.54) is 5.56 Å². The van der Waals surface area contributed by atoms with Gasteiger partial charge in [-0.2, -0.15) is 0 Å². The fourth-order valence-corrected chi connectivity index (χ4v) is 2.39. The second-order valence-corrected chi connectivity index (χ2v) is 5.45. The molecule has 0 spiro atoms. The van der Waals surface area contributed by atoms with Crippen LogP contribution in [0.25, 0.3) is 0 Å². The summed E-state index contributed by atoms with van der Waals surface area (Å²) in [6.45, 7) is 5.93. The van der Waals surface area contributed by atoms with Gasteiger partial charge >= 0.3 is 0 Å². The quantitative estimate of drug-likeness (QED) is 0.905. The van der Waals surface area contributed by atoms with Crippen molar-refractivity contribution in [2.75, 3.05) is 26.2 Å². The van der Waals surface area contributed by atoms with Crippen molar-refractivity contribution in [2.45, 2.75) is 19.5 Å². The number of nitrogens with two attached hydrogens (primary N) is 1. The largest absolute Gasteiger partial charge is 0.339 e. The maximum Gasteiger partial charge on any atom is 0.239 e. The number of hydrogen-bond acceptors (Lipinski definition) is 3. The average Bonchev–Trinajstić information content (AvgIpc) is 2.41. The van der Waals surface area contributed by atoms with Crippen molar-refractivity contribution < 1.29 is 4.79 Å². The van der Waals surface area contributed by atoms with Gasteiger partial charge in [-0.15, -0.1) is 24.8 Å². The highest BCUT2D eigenvalue weighted by Crippen LogP contribution is 2.13. The first-order chi connectivity index (χ1) is 9.06. The van der Waals surface area contributed by atoms with Gasteiger partial charge in [-0.3, -0.25) is 9.69 Å². The molecule has 1 aromatic carbocycles. The Hall–Kier alpha value is -0.520. The van der Waals surface area contributed by atoms with E-state index in [0.29, 0.717) is 0 Å². The first-order valence-electron chi connectivity index (χ1n) is 6.57. The van der Waals surface area contributed by atoms with Gasteiger partial charge in [0.15, 0.2) is 0 Å². The maximum absolute atomic E-state index is 11.8. The highest BCUT2D eigenvalue weighted by atomic mass is 35.5. The second-order valence-electron chi connectivity index (χ2n) is 5.02. The average molecular weight is 355 g/mol. The van der Waals surface area contributed by atoms with Gasteiger partial charge in [-0.25, -0.2) is 0 Å². The number of carbonyl (C=O) groups excluding carboxylic acids is 1. The Morgan fingerprint density at radius 2 is 1.71 bits per heavy atom. The van der Waals surface area contributed by atoms with E-state index in [9.17, 15) is 4.79 Å². The van der Waals surface area contributed by atoms with Crippen LogP contribution >= 0.6 is 36.4 Å². The molecular formula is C14H22Cl3N3O. The fraction of sp³-hybridized carbons (Fsp3) is 0.500. The van der Waals surface area contributed by atoms with Gasteiger partial charge in [-0.1, -0.05) is 23.7 Å². The van der Waals surface area contributed by atoms with Crippen molar-refractivity contribution in [3.63, 3.8) is 0 Å². The maximum atomic E-state index is 11.8. The third kappa shape index (κ3) is 6.01. The molecule has 1 aliphatic heterocycles. The van der Waals surface area contributed by atoms with Crippen molar-refractivity contribution in [1.29, 1.82) is 0 Å². The summed E-state index contributed by atoms with van der Waals surface area (Å²) in [7, 11) is 0. The van der Waals surface area contributed by atoms with Gasteiger partial charge in [-0.05, 0) is 24.6 Å². The molecule has 7 heteroatoms. The number of amides is 1. The molecule has 1 atom stereocenters. The zero-order chi connectivity index (χ0) is 13.8. The van der Waals surface area contributed by atoms with Crippen LogP contribution in [-0.2, 0) is 11.3 Å². The summed E-state index contributed by atoms with van der Waals surface area (Å²) in [6, 6.07) is 7.51. The molecule has 21 heavy (non-hydrogen) atoms. The van der Waals surface area contributed by atoms with Gasteiger partial charge in [0.1, 0.15) is 0 Å². The predicted octanol–water partition coefficient (Wildman–Crippen LogP) is 2.18. The molecule has 2 rings (SSSR count). The van der Waals surface area contributed by atoms with Crippen LogP contribution in [0.5, 0.6) is 0 Å². The first-order valence-corrected chi connectivity index (χ1v) is 6.95. The standard InChI is InChI=1S/C14H20ClN3O.2ClH/c1-11(16)14(19)18-8-6-17(7-9-18)10-12-2-4-13(15)5-3-12;;/h2-5,11H,6-10,16H2,1H3;2*1H/t11-;;/m1../s1. The number of hydrogen-bond donors (Lipinski definition) is 1. The van der Waals surface area contributed by atoms with Gasteiger partial charge < -0.3 is 10.6 Å². The van der Waals surface area contributed by atoms with Crippen LogP contribution in [0.1, 0.15) is 12.5 Å². The molecule has 0 saturated carbocycles. The lowest BCUT2D eigenvalue weighted by atomic mass is 10.2. The van der Waals surface area contributed by atoms with Crippen LogP contribution in [0, 0.1) is 0 Å². The van der Waals surface area contributed by atoms with Gasteiger partial charge in [0.25, 0.3) is 0 Å². The Bertz CT molecular complexity index is 432. The number of halogens is 3. The van der Waals surface area contributed by atoms with Gasteiger partial charge in [0.05, 0.1) is 6.04 Å². The lowest BCUT2D eigenvalue weighted by molar-refractivity contribution is -0.134. The summed E-state index contributed by atoms with van der Waals surface area (Å²) >= 11 is 5.87. The van der Waals surface area contributed by atoms with Crippen LogP contribution in [0.2, 0.25) is 5.02 Å². The topological polar surface area (TPSA) is 49.6 Å². The van der Waals surface area contributed by atoms with Crippen molar-refractivity contribution in [3.8, 4) is 0 Å². The molecule has 0 bridgehead atoms. The smallest absolute Gasteiger partial charge is 0.239 e. The number of piperazine rings is 1. The van der Waals surface area contributed by atoms with E-state index in [1.807, 2.05) is 29.2 Å². The van der Waals surface area contributed by atoms with E-state index in [2.05, 4.69) is 4.90 Å². The minimum absolute atomic E-state index is 0. The van der Waals surface area contributed by atoms with Gasteiger partial charge in [0.2, 0.25) is 5.91 Å². The Kier molecular flexibility index (Phi) is 9.25. The van der Waals surface area contributed by atoms with Crippen molar-refractivity contribution in [1.82, 2.24) is 9.80 Å². The van der Waals surface area contributed by atoms with Crippen LogP contribution in [-0.4, -0.2) is 47.9 Å². The monoisotopic (exact) mass is 353 g/mol. The minimum Gasteiger partial charge on any atom is -0.339 e. The Morgan fingerprint density at radius 1 is 1.19 bits per heavy atom. The number of rotatable bonds is 3. The number of benzene rings is 1. The molecule has 1 amide bonds. The van der Waals surface area contributed by atoms with E-state index in [0.717, 1.165) is 37.7 Å². The molecule has 120 valence electrons. The van der Waals surface area contributed by atoms with E-state index < -0.39 is 6.04 Å². The zero-order valence-electron chi connectivity index (χ0n) is 12.0.